The van der Waals surface area contributed by atoms with Crippen LogP contribution in [0, 0.1) is 11.2 Å². The topological polar surface area (TPSA) is 76.4 Å². The van der Waals surface area contributed by atoms with Gasteiger partial charge in [-0.15, -0.1) is 10.2 Å². The number of carbonyl (C=O) groups excluding carboxylic acids is 1. The number of rotatable bonds is 3. The molecular weight excluding hydrogens is 471 g/mol. The van der Waals surface area contributed by atoms with Crippen LogP contribution in [0.2, 0.25) is 5.02 Å². The molecule has 35 heavy (non-hydrogen) atoms. The van der Waals surface area contributed by atoms with E-state index >= 15 is 0 Å². The molecule has 0 unspecified atom stereocenters. The van der Waals surface area contributed by atoms with Crippen LogP contribution in [0.5, 0.6) is 0 Å². The fraction of sp³-hybridized carbons (Fsp3) is 0.440. The third-order valence-electron chi connectivity index (χ3n) is 7.14. The highest BCUT2D eigenvalue weighted by Crippen LogP contribution is 2.56. The number of aromatic nitrogens is 4. The predicted octanol–water partition coefficient (Wildman–Crippen LogP) is 4.70. The van der Waals surface area contributed by atoms with E-state index in [2.05, 4.69) is 24.6 Å². The predicted molar refractivity (Wildman–Crippen MR) is 128 cm³/mol. The monoisotopic (exact) mass is 496 g/mol. The summed E-state index contributed by atoms with van der Waals surface area (Å²) in [7, 11) is 0. The number of amides is 1. The first kappa shape index (κ1) is 22.3. The van der Waals surface area contributed by atoms with Crippen molar-refractivity contribution in [1.29, 1.82) is 0 Å². The van der Waals surface area contributed by atoms with Crippen LogP contribution in [-0.2, 0) is 17.8 Å². The van der Waals surface area contributed by atoms with E-state index in [4.69, 9.17) is 16.3 Å². The highest BCUT2D eigenvalue weighted by atomic mass is 35.5. The van der Waals surface area contributed by atoms with Crippen LogP contribution in [0.1, 0.15) is 49.8 Å². The van der Waals surface area contributed by atoms with Crippen LogP contribution in [0.4, 0.5) is 15.0 Å². The molecule has 6 rings (SSSR count). The summed E-state index contributed by atoms with van der Waals surface area (Å²) in [6, 6.07) is 8.91. The molecule has 0 atom stereocenters. The number of pyridine rings is 1. The molecule has 1 aliphatic carbocycles. The number of anilines is 1. The summed E-state index contributed by atoms with van der Waals surface area (Å²) in [4.78, 5) is 20.8. The van der Waals surface area contributed by atoms with E-state index in [1.807, 2.05) is 32.0 Å². The largest absolute Gasteiger partial charge is 0.447 e. The molecular formula is C25H26ClFN6O2. The molecule has 1 amide bonds. The van der Waals surface area contributed by atoms with E-state index in [9.17, 15) is 9.18 Å². The summed E-state index contributed by atoms with van der Waals surface area (Å²) in [5.41, 5.74) is 2.12. The lowest BCUT2D eigenvalue weighted by atomic mass is 9.57. The Morgan fingerprint density at radius 3 is 2.69 bits per heavy atom. The van der Waals surface area contributed by atoms with Crippen LogP contribution in [0.15, 0.2) is 36.5 Å². The third-order valence-corrected chi connectivity index (χ3v) is 7.37. The maximum absolute atomic E-state index is 13.2. The highest BCUT2D eigenvalue weighted by molar-refractivity contribution is 6.30. The van der Waals surface area contributed by atoms with Gasteiger partial charge in [-0.25, -0.2) is 14.2 Å². The third kappa shape index (κ3) is 3.91. The van der Waals surface area contributed by atoms with Crippen molar-refractivity contribution < 1.29 is 13.9 Å². The molecule has 0 N–H and O–H groups in total. The number of carbonyl (C=O) groups is 1. The van der Waals surface area contributed by atoms with Gasteiger partial charge in [-0.05, 0) is 62.6 Å². The maximum Gasteiger partial charge on any atom is 0.410 e. The molecule has 2 aromatic heterocycles. The number of hydrogen-bond acceptors (Lipinski definition) is 6. The highest BCUT2D eigenvalue weighted by Gasteiger charge is 2.54. The standard InChI is InChI=1S/C25H26ClFN6O2/c1-15(2)35-24(34)31-11-16-7-18(26)3-5-20(16)33-22(12-31)29-30-23(33)17-8-25(9-17)13-32(14-25)21-6-4-19(27)10-28-21/h3-7,10,15,17H,8-9,11-14H2,1-2H3. The van der Waals surface area contributed by atoms with Gasteiger partial charge < -0.3 is 9.64 Å². The van der Waals surface area contributed by atoms with Crippen LogP contribution < -0.4 is 4.90 Å². The van der Waals surface area contributed by atoms with Crippen molar-refractivity contribution in [3.05, 3.63) is 64.6 Å². The summed E-state index contributed by atoms with van der Waals surface area (Å²) in [5.74, 6) is 2.41. The molecule has 3 aliphatic rings. The van der Waals surface area contributed by atoms with Gasteiger partial charge in [-0.1, -0.05) is 11.6 Å². The molecule has 2 fully saturated rings. The quantitative estimate of drug-likeness (QED) is 0.523. The summed E-state index contributed by atoms with van der Waals surface area (Å²) in [5, 5.41) is 9.69. The smallest absolute Gasteiger partial charge is 0.410 e. The zero-order valence-corrected chi connectivity index (χ0v) is 20.4. The molecule has 10 heteroatoms. The Balaban J connectivity index is 1.24. The van der Waals surface area contributed by atoms with E-state index in [1.165, 1.54) is 12.3 Å². The van der Waals surface area contributed by atoms with Crippen molar-refractivity contribution >= 4 is 23.5 Å². The van der Waals surface area contributed by atoms with E-state index < -0.39 is 0 Å². The Bertz CT molecular complexity index is 1280. The zero-order chi connectivity index (χ0) is 24.3. The molecule has 0 radical (unpaired) electrons. The van der Waals surface area contributed by atoms with E-state index in [0.717, 1.165) is 48.8 Å². The normalized spacial score (nSPS) is 18.5. The second-order valence-electron chi connectivity index (χ2n) is 10.2. The first-order chi connectivity index (χ1) is 16.8. The van der Waals surface area contributed by atoms with Crippen LogP contribution >= 0.6 is 11.6 Å². The number of ether oxygens (including phenoxy) is 1. The molecule has 1 spiro atoms. The van der Waals surface area contributed by atoms with Crippen molar-refractivity contribution in [2.45, 2.75) is 51.8 Å². The van der Waals surface area contributed by atoms with Crippen molar-refractivity contribution in [2.24, 2.45) is 5.41 Å². The number of hydrogen-bond donors (Lipinski definition) is 0. The lowest BCUT2D eigenvalue weighted by molar-refractivity contribution is 0.0581. The maximum atomic E-state index is 13.2. The zero-order valence-electron chi connectivity index (χ0n) is 19.6. The van der Waals surface area contributed by atoms with Gasteiger partial charge in [0.1, 0.15) is 17.5 Å². The summed E-state index contributed by atoms with van der Waals surface area (Å²) in [6.45, 7) is 6.18. The molecule has 1 aromatic carbocycles. The number of nitrogens with zero attached hydrogens (tertiary/aromatic N) is 6. The average molecular weight is 497 g/mol. The van der Waals surface area contributed by atoms with Crippen molar-refractivity contribution in [2.75, 3.05) is 18.0 Å². The molecule has 0 bridgehead atoms. The second-order valence-corrected chi connectivity index (χ2v) is 10.6. The SMILES string of the molecule is CC(C)OC(=O)N1Cc2cc(Cl)ccc2-n2c(nnc2C2CC3(C2)CN(c2ccc(F)cn2)C3)C1. The van der Waals surface area contributed by atoms with Gasteiger partial charge in [0.2, 0.25) is 0 Å². The fourth-order valence-corrected chi connectivity index (χ4v) is 5.80. The van der Waals surface area contributed by atoms with Gasteiger partial charge in [0.25, 0.3) is 0 Å². The van der Waals surface area contributed by atoms with E-state index in [-0.39, 0.29) is 29.3 Å². The minimum absolute atomic E-state index is 0.212. The molecule has 8 nitrogen and oxygen atoms in total. The molecule has 4 heterocycles. The molecule has 2 aliphatic heterocycles. The summed E-state index contributed by atoms with van der Waals surface area (Å²) >= 11 is 6.31. The van der Waals surface area contributed by atoms with Crippen LogP contribution in [0.3, 0.4) is 0 Å². The lowest BCUT2D eigenvalue weighted by Crippen LogP contribution is -2.62. The molecule has 1 saturated carbocycles. The second kappa shape index (κ2) is 8.19. The lowest BCUT2D eigenvalue weighted by Gasteiger charge is -2.59. The number of benzene rings is 1. The molecule has 1 saturated heterocycles. The van der Waals surface area contributed by atoms with E-state index in [1.54, 1.807) is 11.0 Å². The summed E-state index contributed by atoms with van der Waals surface area (Å²) in [6.07, 6.45) is 2.68. The summed E-state index contributed by atoms with van der Waals surface area (Å²) < 4.78 is 20.8. The fourth-order valence-electron chi connectivity index (χ4n) is 5.60. The number of halogens is 2. The Morgan fingerprint density at radius 2 is 1.97 bits per heavy atom. The average Bonchev–Trinajstić information content (AvgIpc) is 3.07. The van der Waals surface area contributed by atoms with Gasteiger partial charge in [-0.3, -0.25) is 9.47 Å². The number of fused-ring (bicyclic) bond motifs is 3. The van der Waals surface area contributed by atoms with Gasteiger partial charge in [-0.2, -0.15) is 0 Å². The molecule has 3 aromatic rings. The van der Waals surface area contributed by atoms with Gasteiger partial charge in [0, 0.05) is 29.4 Å². The van der Waals surface area contributed by atoms with Crippen LogP contribution in [-0.4, -0.2) is 49.9 Å². The molecule has 182 valence electrons. The Morgan fingerprint density at radius 1 is 1.17 bits per heavy atom. The van der Waals surface area contributed by atoms with Gasteiger partial charge in [0.15, 0.2) is 5.82 Å². The van der Waals surface area contributed by atoms with E-state index in [0.29, 0.717) is 23.9 Å². The van der Waals surface area contributed by atoms with Crippen molar-refractivity contribution in [3.8, 4) is 5.69 Å². The minimum Gasteiger partial charge on any atom is -0.447 e. The Hall–Kier alpha value is -3.20. The Labute approximate surface area is 207 Å². The first-order valence-corrected chi connectivity index (χ1v) is 12.2. The van der Waals surface area contributed by atoms with Gasteiger partial charge in [0.05, 0.1) is 31.1 Å². The Kier molecular flexibility index (Phi) is 5.21. The van der Waals surface area contributed by atoms with Gasteiger partial charge >= 0.3 is 6.09 Å². The van der Waals surface area contributed by atoms with Crippen molar-refractivity contribution in [3.63, 3.8) is 0 Å². The van der Waals surface area contributed by atoms with Crippen LogP contribution in [0.25, 0.3) is 5.69 Å². The van der Waals surface area contributed by atoms with Crippen molar-refractivity contribution in [1.82, 2.24) is 24.6 Å². The minimum atomic E-state index is -0.379. The first-order valence-electron chi connectivity index (χ1n) is 11.9.